The van der Waals surface area contributed by atoms with Crippen LogP contribution < -0.4 is 11.6 Å². The third-order valence-corrected chi connectivity index (χ3v) is 2.43. The lowest BCUT2D eigenvalue weighted by atomic mass is 9.87. The van der Waals surface area contributed by atoms with Gasteiger partial charge < -0.3 is 22.2 Å². The Labute approximate surface area is 95.3 Å². The number of furan rings is 1. The van der Waals surface area contributed by atoms with Crippen LogP contribution in [0.1, 0.15) is 5.56 Å². The highest BCUT2D eigenvalue weighted by molar-refractivity contribution is 6.72. The van der Waals surface area contributed by atoms with Crippen LogP contribution in [0.3, 0.4) is 0 Å². The minimum Gasteiger partial charge on any atom is -0.493 e. The SMILES string of the molecule is NOCCc1ccc2oc([B-](F)(F)F)cc2c1. The molecule has 0 spiro atoms. The monoisotopic (exact) mass is 244 g/mol. The average molecular weight is 244 g/mol. The lowest BCUT2D eigenvalue weighted by molar-refractivity contribution is 0.141. The average Bonchev–Trinajstić information content (AvgIpc) is 2.68. The molecule has 0 aliphatic carbocycles. The second-order valence-corrected chi connectivity index (χ2v) is 3.72. The van der Waals surface area contributed by atoms with Crippen LogP contribution in [0.4, 0.5) is 12.9 Å². The van der Waals surface area contributed by atoms with Gasteiger partial charge in [0, 0.05) is 11.0 Å². The van der Waals surface area contributed by atoms with Crippen LogP contribution in [0.2, 0.25) is 0 Å². The molecule has 0 atom stereocenters. The Bertz CT molecular complexity index is 524. The normalized spacial score (nSPS) is 12.2. The minimum atomic E-state index is -5.09. The smallest absolute Gasteiger partial charge is 0.493 e. The summed E-state index contributed by atoms with van der Waals surface area (Å²) in [6.07, 6.45) is 0.546. The summed E-state index contributed by atoms with van der Waals surface area (Å²) in [6.45, 7) is -4.78. The number of nitrogens with two attached hydrogens (primary N) is 1. The van der Waals surface area contributed by atoms with Gasteiger partial charge in [0.2, 0.25) is 0 Å². The van der Waals surface area contributed by atoms with E-state index in [-0.39, 0.29) is 5.58 Å². The van der Waals surface area contributed by atoms with Gasteiger partial charge in [0.15, 0.2) is 0 Å². The van der Waals surface area contributed by atoms with Gasteiger partial charge in [-0.15, -0.1) is 0 Å². The molecule has 0 aliphatic rings. The topological polar surface area (TPSA) is 48.4 Å². The van der Waals surface area contributed by atoms with E-state index in [4.69, 9.17) is 10.3 Å². The number of hydrogen-bond acceptors (Lipinski definition) is 3. The van der Waals surface area contributed by atoms with Crippen LogP contribution in [0.5, 0.6) is 0 Å². The molecule has 0 unspecified atom stereocenters. The van der Waals surface area contributed by atoms with Gasteiger partial charge in [-0.1, -0.05) is 6.07 Å². The first-order valence-corrected chi connectivity index (χ1v) is 5.04. The van der Waals surface area contributed by atoms with Gasteiger partial charge in [0.05, 0.1) is 6.61 Å². The standard InChI is InChI=1S/C10H10BF3NO2/c12-11(13,14)10-6-8-5-7(3-4-16-15)1-2-9(8)17-10/h1-2,5-6H,3-4,15H2/q-1. The Morgan fingerprint density at radius 3 is 2.65 bits per heavy atom. The number of rotatable bonds is 4. The van der Waals surface area contributed by atoms with Crippen molar-refractivity contribution in [1.82, 2.24) is 0 Å². The number of benzene rings is 1. The highest BCUT2D eigenvalue weighted by Crippen LogP contribution is 2.20. The summed E-state index contributed by atoms with van der Waals surface area (Å²) in [7, 11) is 0. The Balaban J connectivity index is 2.34. The van der Waals surface area contributed by atoms with Crippen molar-refractivity contribution < 1.29 is 22.2 Å². The van der Waals surface area contributed by atoms with Crippen LogP contribution in [0.15, 0.2) is 28.7 Å². The molecule has 0 saturated carbocycles. The van der Waals surface area contributed by atoms with Gasteiger partial charge in [-0.05, 0) is 30.2 Å². The van der Waals surface area contributed by atoms with Gasteiger partial charge in [-0.25, -0.2) is 5.90 Å². The number of halogens is 3. The van der Waals surface area contributed by atoms with Crippen molar-refractivity contribution in [3.05, 3.63) is 29.8 Å². The molecule has 92 valence electrons. The van der Waals surface area contributed by atoms with E-state index in [1.54, 1.807) is 12.1 Å². The first-order chi connectivity index (χ1) is 8.00. The van der Waals surface area contributed by atoms with Crippen molar-refractivity contribution in [2.24, 2.45) is 5.90 Å². The number of hydrogen-bond donors (Lipinski definition) is 1. The maximum absolute atomic E-state index is 12.5. The maximum atomic E-state index is 12.5. The van der Waals surface area contributed by atoms with E-state index >= 15 is 0 Å². The Morgan fingerprint density at radius 1 is 1.24 bits per heavy atom. The summed E-state index contributed by atoms with van der Waals surface area (Å²) in [5.74, 6) is 4.89. The van der Waals surface area contributed by atoms with Gasteiger partial charge >= 0.3 is 6.98 Å². The van der Waals surface area contributed by atoms with Crippen molar-refractivity contribution in [3.8, 4) is 0 Å². The van der Waals surface area contributed by atoms with E-state index < -0.39 is 12.6 Å². The zero-order valence-electron chi connectivity index (χ0n) is 8.83. The van der Waals surface area contributed by atoms with Crippen molar-refractivity contribution in [2.45, 2.75) is 6.42 Å². The van der Waals surface area contributed by atoms with Crippen molar-refractivity contribution in [3.63, 3.8) is 0 Å². The van der Waals surface area contributed by atoms with Crippen molar-refractivity contribution >= 4 is 23.6 Å². The first-order valence-electron chi connectivity index (χ1n) is 5.04. The van der Waals surface area contributed by atoms with Gasteiger partial charge in [0.1, 0.15) is 5.58 Å². The van der Waals surface area contributed by atoms with Crippen LogP contribution in [-0.4, -0.2) is 13.6 Å². The molecule has 17 heavy (non-hydrogen) atoms. The summed E-state index contributed by atoms with van der Waals surface area (Å²) in [4.78, 5) is 4.42. The zero-order chi connectivity index (χ0) is 12.5. The molecular formula is C10H10BF3NO2-. The quantitative estimate of drug-likeness (QED) is 0.660. The number of fused-ring (bicyclic) bond motifs is 1. The maximum Gasteiger partial charge on any atom is 0.544 e. The largest absolute Gasteiger partial charge is 0.544 e. The van der Waals surface area contributed by atoms with Crippen molar-refractivity contribution in [1.29, 1.82) is 0 Å². The van der Waals surface area contributed by atoms with Crippen molar-refractivity contribution in [2.75, 3.05) is 6.61 Å². The molecular weight excluding hydrogens is 234 g/mol. The minimum absolute atomic E-state index is 0.233. The predicted octanol–water partition coefficient (Wildman–Crippen LogP) is 1.92. The van der Waals surface area contributed by atoms with E-state index in [0.29, 0.717) is 18.4 Å². The fourth-order valence-electron chi connectivity index (χ4n) is 1.61. The molecule has 0 radical (unpaired) electrons. The van der Waals surface area contributed by atoms with Gasteiger partial charge in [-0.3, -0.25) is 0 Å². The highest BCUT2D eigenvalue weighted by atomic mass is 19.4. The van der Waals surface area contributed by atoms with E-state index in [1.165, 1.54) is 6.07 Å². The molecule has 7 heteroatoms. The van der Waals surface area contributed by atoms with Gasteiger partial charge in [-0.2, -0.15) is 0 Å². The zero-order valence-corrected chi connectivity index (χ0v) is 8.83. The van der Waals surface area contributed by atoms with Crippen LogP contribution in [0, 0.1) is 0 Å². The Kier molecular flexibility index (Phi) is 3.12. The van der Waals surface area contributed by atoms with Crippen LogP contribution >= 0.6 is 0 Å². The molecule has 1 heterocycles. The van der Waals surface area contributed by atoms with E-state index in [2.05, 4.69) is 4.84 Å². The molecule has 0 aliphatic heterocycles. The van der Waals surface area contributed by atoms with Gasteiger partial charge in [0.25, 0.3) is 0 Å². The lowest BCUT2D eigenvalue weighted by Crippen LogP contribution is -2.32. The molecule has 1 aromatic carbocycles. The summed E-state index contributed by atoms with van der Waals surface area (Å²) < 4.78 is 42.1. The molecule has 2 N–H and O–H groups in total. The molecule has 0 saturated heterocycles. The molecule has 2 aromatic rings. The fourth-order valence-corrected chi connectivity index (χ4v) is 1.61. The highest BCUT2D eigenvalue weighted by Gasteiger charge is 2.30. The Hall–Kier alpha value is -1.47. The molecule has 2 rings (SSSR count). The molecule has 0 fully saturated rings. The molecule has 1 aromatic heterocycles. The molecule has 0 bridgehead atoms. The second-order valence-electron chi connectivity index (χ2n) is 3.72. The van der Waals surface area contributed by atoms with E-state index in [0.717, 1.165) is 11.6 Å². The summed E-state index contributed by atoms with van der Waals surface area (Å²) in [5.41, 5.74) is 0.161. The molecule has 3 nitrogen and oxygen atoms in total. The van der Waals surface area contributed by atoms with Crippen LogP contribution in [0.25, 0.3) is 11.0 Å². The fraction of sp³-hybridized carbons (Fsp3) is 0.200. The predicted molar refractivity (Wildman–Crippen MR) is 58.8 cm³/mol. The summed E-state index contributed by atoms with van der Waals surface area (Å²) in [5, 5.41) is 0.439. The summed E-state index contributed by atoms with van der Waals surface area (Å²) in [6, 6.07) is 5.87. The van der Waals surface area contributed by atoms with E-state index in [9.17, 15) is 12.9 Å². The molecule has 0 amide bonds. The van der Waals surface area contributed by atoms with E-state index in [1.807, 2.05) is 0 Å². The second kappa shape index (κ2) is 4.42. The first kappa shape index (κ1) is 12.0. The third-order valence-electron chi connectivity index (χ3n) is 2.43. The summed E-state index contributed by atoms with van der Waals surface area (Å²) >= 11 is 0. The van der Waals surface area contributed by atoms with Crippen LogP contribution in [-0.2, 0) is 11.3 Å². The lowest BCUT2D eigenvalue weighted by Gasteiger charge is -2.08. The third kappa shape index (κ3) is 2.62. The Morgan fingerprint density at radius 2 is 2.00 bits per heavy atom.